The summed E-state index contributed by atoms with van der Waals surface area (Å²) in [6, 6.07) is 60.7. The highest BCUT2D eigenvalue weighted by Gasteiger charge is 2.19. The highest BCUT2D eigenvalue weighted by molar-refractivity contribution is 6.22. The minimum absolute atomic E-state index is 0.828. The Morgan fingerprint density at radius 3 is 1.58 bits per heavy atom. The summed E-state index contributed by atoms with van der Waals surface area (Å²) < 4.78 is 17.6. The molecule has 0 aliphatic heterocycles. The van der Waals surface area contributed by atoms with Crippen molar-refractivity contribution in [1.82, 2.24) is 9.13 Å². The Balaban J connectivity index is 1.06. The Bertz CT molecular complexity index is 3410. The van der Waals surface area contributed by atoms with E-state index in [1.807, 2.05) is 12.1 Å². The molecule has 0 amide bonds. The molecular formula is C48H28N2O2. The lowest BCUT2D eigenvalue weighted by atomic mass is 10.0. The van der Waals surface area contributed by atoms with E-state index in [1.54, 1.807) is 0 Å². The maximum Gasteiger partial charge on any atom is 0.147 e. The number of hydrogen-bond donors (Lipinski definition) is 0. The first-order chi connectivity index (χ1) is 25.8. The third-order valence-corrected chi connectivity index (χ3v) is 10.9. The molecule has 0 spiro atoms. The molecule has 0 aliphatic rings. The van der Waals surface area contributed by atoms with Crippen LogP contribution >= 0.6 is 0 Å². The molecule has 4 nitrogen and oxygen atoms in total. The monoisotopic (exact) mass is 664 g/mol. The zero-order valence-corrected chi connectivity index (χ0v) is 27.9. The Morgan fingerprint density at radius 2 is 0.865 bits per heavy atom. The van der Waals surface area contributed by atoms with Crippen molar-refractivity contribution in [2.24, 2.45) is 0 Å². The average molecular weight is 665 g/mol. The highest BCUT2D eigenvalue weighted by Crippen LogP contribution is 2.42. The van der Waals surface area contributed by atoms with Crippen LogP contribution in [-0.2, 0) is 0 Å². The van der Waals surface area contributed by atoms with Gasteiger partial charge in [0.15, 0.2) is 0 Å². The number of nitrogens with zero attached hydrogens (tertiary/aromatic N) is 2. The lowest BCUT2D eigenvalue weighted by molar-refractivity contribution is 0.662. The normalized spacial score (nSPS) is 12.2. The molecule has 0 N–H and O–H groups in total. The number of benzene rings is 8. The minimum Gasteiger partial charge on any atom is -0.456 e. The molecule has 8 aromatic carbocycles. The lowest BCUT2D eigenvalue weighted by Crippen LogP contribution is -1.93. The Morgan fingerprint density at radius 1 is 0.308 bits per heavy atom. The molecular weight excluding hydrogens is 637 g/mol. The lowest BCUT2D eigenvalue weighted by Gasteiger charge is -2.09. The van der Waals surface area contributed by atoms with E-state index < -0.39 is 0 Å². The van der Waals surface area contributed by atoms with Crippen molar-refractivity contribution in [3.05, 3.63) is 170 Å². The number of fused-ring (bicyclic) bond motifs is 13. The van der Waals surface area contributed by atoms with Crippen LogP contribution in [-0.4, -0.2) is 9.13 Å². The van der Waals surface area contributed by atoms with E-state index in [0.717, 1.165) is 60.6 Å². The Labute approximate surface area is 296 Å². The number of para-hydroxylation sites is 4. The van der Waals surface area contributed by atoms with Gasteiger partial charge in [0, 0.05) is 49.1 Å². The van der Waals surface area contributed by atoms with Crippen molar-refractivity contribution in [2.45, 2.75) is 0 Å². The molecule has 4 heterocycles. The van der Waals surface area contributed by atoms with Gasteiger partial charge >= 0.3 is 0 Å². The van der Waals surface area contributed by atoms with Crippen LogP contribution < -0.4 is 0 Å². The van der Waals surface area contributed by atoms with Crippen molar-refractivity contribution in [3.63, 3.8) is 0 Å². The molecule has 0 unspecified atom stereocenters. The van der Waals surface area contributed by atoms with Gasteiger partial charge in [-0.3, -0.25) is 0 Å². The molecule has 0 radical (unpaired) electrons. The summed E-state index contributed by atoms with van der Waals surface area (Å²) in [6.45, 7) is 0. The molecule has 4 heteroatoms. The molecule has 4 aromatic heterocycles. The molecule has 0 bridgehead atoms. The quantitative estimate of drug-likeness (QED) is 0.188. The average Bonchev–Trinajstić information content (AvgIpc) is 3.95. The van der Waals surface area contributed by atoms with Crippen molar-refractivity contribution in [2.75, 3.05) is 0 Å². The Kier molecular flexibility index (Phi) is 5.47. The fourth-order valence-corrected chi connectivity index (χ4v) is 8.61. The van der Waals surface area contributed by atoms with E-state index >= 15 is 0 Å². The van der Waals surface area contributed by atoms with Crippen LogP contribution in [0.15, 0.2) is 179 Å². The molecule has 0 atom stereocenters. The summed E-state index contributed by atoms with van der Waals surface area (Å²) in [5.74, 6) is 0. The van der Waals surface area contributed by atoms with Crippen LogP contribution in [0.25, 0.3) is 110 Å². The maximum absolute atomic E-state index is 6.46. The van der Waals surface area contributed by atoms with Gasteiger partial charge in [0.05, 0.1) is 27.5 Å². The van der Waals surface area contributed by atoms with Crippen LogP contribution in [0.5, 0.6) is 0 Å². The fourth-order valence-electron chi connectivity index (χ4n) is 8.61. The summed E-state index contributed by atoms with van der Waals surface area (Å²) in [5.41, 5.74) is 12.8. The van der Waals surface area contributed by atoms with E-state index in [2.05, 4.69) is 167 Å². The second kappa shape index (κ2) is 10.3. The van der Waals surface area contributed by atoms with E-state index in [-0.39, 0.29) is 0 Å². The molecule has 0 saturated carbocycles. The van der Waals surface area contributed by atoms with Crippen LogP contribution in [0, 0.1) is 0 Å². The van der Waals surface area contributed by atoms with Gasteiger partial charge < -0.3 is 18.0 Å². The molecule has 12 aromatic rings. The molecule has 242 valence electrons. The fraction of sp³-hybridized carbons (Fsp3) is 0. The van der Waals surface area contributed by atoms with E-state index in [0.29, 0.717) is 0 Å². The van der Waals surface area contributed by atoms with E-state index in [1.165, 1.54) is 49.4 Å². The van der Waals surface area contributed by atoms with Gasteiger partial charge in [-0.2, -0.15) is 0 Å². The zero-order chi connectivity index (χ0) is 33.9. The molecule has 0 saturated heterocycles. The van der Waals surface area contributed by atoms with Crippen molar-refractivity contribution >= 4 is 87.5 Å². The standard InChI is InChI=1S/C48H28N2O2/c1-2-10-31(11-3-1)49-40-15-7-4-12-33(40)37-26-29(18-22-42(37)49)30-19-23-43-38(27-30)34-13-5-8-16-41(34)50(43)32-20-24-45-39(28-32)47-46(51-45)25-21-36-35-14-6-9-17-44(35)52-48(36)47/h1-28H. The third kappa shape index (κ3) is 3.75. The summed E-state index contributed by atoms with van der Waals surface area (Å²) in [5, 5.41) is 9.21. The molecule has 12 rings (SSSR count). The third-order valence-electron chi connectivity index (χ3n) is 10.9. The first-order valence-corrected chi connectivity index (χ1v) is 17.7. The minimum atomic E-state index is 0.828. The SMILES string of the molecule is c1ccc(-n2c3ccccc3c3cc(-c4ccc5c(c4)c4ccccc4n5-c4ccc5oc6ccc7c8ccccc8oc7c6c5c4)ccc32)cc1. The van der Waals surface area contributed by atoms with Crippen molar-refractivity contribution in [1.29, 1.82) is 0 Å². The van der Waals surface area contributed by atoms with Gasteiger partial charge in [-0.25, -0.2) is 0 Å². The van der Waals surface area contributed by atoms with E-state index in [4.69, 9.17) is 8.83 Å². The topological polar surface area (TPSA) is 36.1 Å². The van der Waals surface area contributed by atoms with Gasteiger partial charge in [-0.05, 0) is 96.1 Å². The van der Waals surface area contributed by atoms with Crippen LogP contribution in [0.1, 0.15) is 0 Å². The predicted octanol–water partition coefficient (Wildman–Crippen LogP) is 13.3. The Hall–Kier alpha value is -7.04. The number of rotatable bonds is 3. The van der Waals surface area contributed by atoms with Crippen molar-refractivity contribution in [3.8, 4) is 22.5 Å². The van der Waals surface area contributed by atoms with E-state index in [9.17, 15) is 0 Å². The van der Waals surface area contributed by atoms with Crippen LogP contribution in [0.3, 0.4) is 0 Å². The zero-order valence-electron chi connectivity index (χ0n) is 27.9. The first-order valence-electron chi connectivity index (χ1n) is 17.7. The summed E-state index contributed by atoms with van der Waals surface area (Å²) in [4.78, 5) is 0. The van der Waals surface area contributed by atoms with Gasteiger partial charge in [0.1, 0.15) is 22.3 Å². The molecule has 0 fully saturated rings. The summed E-state index contributed by atoms with van der Waals surface area (Å²) >= 11 is 0. The smallest absolute Gasteiger partial charge is 0.147 e. The first kappa shape index (κ1) is 27.7. The van der Waals surface area contributed by atoms with Crippen LogP contribution in [0.2, 0.25) is 0 Å². The van der Waals surface area contributed by atoms with Gasteiger partial charge in [-0.15, -0.1) is 0 Å². The predicted molar refractivity (Wildman–Crippen MR) is 215 cm³/mol. The second-order valence-corrected chi connectivity index (χ2v) is 13.7. The number of hydrogen-bond acceptors (Lipinski definition) is 2. The molecule has 52 heavy (non-hydrogen) atoms. The van der Waals surface area contributed by atoms with Gasteiger partial charge in [0.25, 0.3) is 0 Å². The maximum atomic E-state index is 6.46. The summed E-state index contributed by atoms with van der Waals surface area (Å²) in [6.07, 6.45) is 0. The van der Waals surface area contributed by atoms with Crippen LogP contribution in [0.4, 0.5) is 0 Å². The van der Waals surface area contributed by atoms with Gasteiger partial charge in [-0.1, -0.05) is 84.9 Å². The van der Waals surface area contributed by atoms with Crippen molar-refractivity contribution < 1.29 is 8.83 Å². The number of furan rings is 2. The number of aromatic nitrogens is 2. The largest absolute Gasteiger partial charge is 0.456 e. The highest BCUT2D eigenvalue weighted by atomic mass is 16.3. The second-order valence-electron chi connectivity index (χ2n) is 13.7. The molecule has 0 aliphatic carbocycles. The summed E-state index contributed by atoms with van der Waals surface area (Å²) in [7, 11) is 0. The van der Waals surface area contributed by atoms with Gasteiger partial charge in [0.2, 0.25) is 0 Å².